The summed E-state index contributed by atoms with van der Waals surface area (Å²) in [4.78, 5) is 24.7. The molecule has 3 rings (SSSR count). The van der Waals surface area contributed by atoms with Gasteiger partial charge in [-0.25, -0.2) is 15.0 Å². The lowest BCUT2D eigenvalue weighted by Gasteiger charge is -2.10. The van der Waals surface area contributed by atoms with Gasteiger partial charge in [-0.2, -0.15) is 0 Å². The summed E-state index contributed by atoms with van der Waals surface area (Å²) in [6, 6.07) is 7.18. The Morgan fingerprint density at radius 3 is 2.88 bits per heavy atom. The van der Waals surface area contributed by atoms with E-state index in [9.17, 15) is 4.79 Å². The maximum atomic E-state index is 12.3. The topological polar surface area (TPSA) is 81.9 Å². The molecule has 3 heterocycles. The van der Waals surface area contributed by atoms with Gasteiger partial charge in [-0.3, -0.25) is 9.36 Å². The van der Waals surface area contributed by atoms with E-state index in [1.807, 2.05) is 19.1 Å². The van der Waals surface area contributed by atoms with Crippen molar-refractivity contribution in [2.45, 2.75) is 13.5 Å². The summed E-state index contributed by atoms with van der Waals surface area (Å²) in [7, 11) is 0. The zero-order valence-electron chi connectivity index (χ0n) is 13.2. The largest absolute Gasteiger partial charge is 0.478 e. The Hall–Kier alpha value is -3.22. The van der Waals surface area contributed by atoms with Crippen molar-refractivity contribution in [1.82, 2.24) is 24.8 Å². The summed E-state index contributed by atoms with van der Waals surface area (Å²) in [6.45, 7) is 2.76. The summed E-state index contributed by atoms with van der Waals surface area (Å²) in [6.07, 6.45) is 8.32. The summed E-state index contributed by atoms with van der Waals surface area (Å²) in [5.74, 6) is 1.04. The molecule has 122 valence electrons. The lowest BCUT2D eigenvalue weighted by Crippen LogP contribution is -2.23. The highest BCUT2D eigenvalue weighted by Gasteiger charge is 2.09. The molecule has 3 aromatic heterocycles. The second kappa shape index (κ2) is 7.36. The third-order valence-electron chi connectivity index (χ3n) is 3.35. The van der Waals surface area contributed by atoms with Crippen molar-refractivity contribution in [3.63, 3.8) is 0 Å². The molecule has 0 atom stereocenters. The molecule has 0 unspecified atom stereocenters. The predicted octanol–water partition coefficient (Wildman–Crippen LogP) is 1.99. The van der Waals surface area contributed by atoms with Gasteiger partial charge in [0.25, 0.3) is 5.91 Å². The van der Waals surface area contributed by atoms with Gasteiger partial charge in [-0.05, 0) is 25.1 Å². The molecule has 3 aromatic rings. The number of hydrogen-bond acceptors (Lipinski definition) is 5. The maximum absolute atomic E-state index is 12.3. The van der Waals surface area contributed by atoms with E-state index in [1.165, 1.54) is 6.20 Å². The van der Waals surface area contributed by atoms with Gasteiger partial charge in [-0.15, -0.1) is 0 Å². The highest BCUT2D eigenvalue weighted by Crippen LogP contribution is 2.14. The number of aromatic nitrogens is 4. The second-order valence-corrected chi connectivity index (χ2v) is 4.96. The maximum Gasteiger partial charge on any atom is 0.253 e. The fourth-order valence-corrected chi connectivity index (χ4v) is 2.17. The zero-order chi connectivity index (χ0) is 16.8. The second-order valence-electron chi connectivity index (χ2n) is 4.96. The van der Waals surface area contributed by atoms with Crippen LogP contribution in [0.5, 0.6) is 5.88 Å². The first-order chi connectivity index (χ1) is 11.8. The van der Waals surface area contributed by atoms with Crippen LogP contribution < -0.4 is 10.1 Å². The number of amides is 1. The number of carbonyl (C=O) groups excluding carboxylic acids is 1. The van der Waals surface area contributed by atoms with Crippen molar-refractivity contribution in [2.24, 2.45) is 0 Å². The summed E-state index contributed by atoms with van der Waals surface area (Å²) in [5, 5.41) is 2.85. The number of ether oxygens (including phenoxy) is 1. The van der Waals surface area contributed by atoms with Gasteiger partial charge < -0.3 is 10.1 Å². The van der Waals surface area contributed by atoms with Gasteiger partial charge in [0.15, 0.2) is 0 Å². The molecule has 1 N–H and O–H groups in total. The average molecular weight is 323 g/mol. The van der Waals surface area contributed by atoms with E-state index < -0.39 is 0 Å². The Bertz CT molecular complexity index is 800. The van der Waals surface area contributed by atoms with E-state index in [-0.39, 0.29) is 5.91 Å². The Morgan fingerprint density at radius 1 is 1.25 bits per heavy atom. The van der Waals surface area contributed by atoms with Crippen molar-refractivity contribution in [1.29, 1.82) is 0 Å². The first-order valence-electron chi connectivity index (χ1n) is 7.57. The van der Waals surface area contributed by atoms with Crippen molar-refractivity contribution in [2.75, 3.05) is 6.61 Å². The SMILES string of the molecule is CCOc1ncccc1CNC(=O)c1ccc(-n2ccnc2)nc1. The molecule has 0 aromatic carbocycles. The quantitative estimate of drug-likeness (QED) is 0.750. The highest BCUT2D eigenvalue weighted by molar-refractivity contribution is 5.93. The predicted molar refractivity (Wildman–Crippen MR) is 87.9 cm³/mol. The van der Waals surface area contributed by atoms with E-state index in [2.05, 4.69) is 20.3 Å². The van der Waals surface area contributed by atoms with Crippen LogP contribution in [0, 0.1) is 0 Å². The molecule has 0 spiro atoms. The normalized spacial score (nSPS) is 10.4. The number of hydrogen-bond donors (Lipinski definition) is 1. The molecule has 1 amide bonds. The van der Waals surface area contributed by atoms with Gasteiger partial charge in [0, 0.05) is 36.9 Å². The zero-order valence-corrected chi connectivity index (χ0v) is 13.2. The van der Waals surface area contributed by atoms with E-state index in [0.29, 0.717) is 30.4 Å². The first kappa shape index (κ1) is 15.7. The minimum atomic E-state index is -0.203. The lowest BCUT2D eigenvalue weighted by atomic mass is 10.2. The monoisotopic (exact) mass is 323 g/mol. The van der Waals surface area contributed by atoms with Crippen LogP contribution in [0.4, 0.5) is 0 Å². The summed E-state index contributed by atoms with van der Waals surface area (Å²) >= 11 is 0. The molecular formula is C17H17N5O2. The molecule has 0 saturated heterocycles. The van der Waals surface area contributed by atoms with Gasteiger partial charge in [0.1, 0.15) is 12.1 Å². The van der Waals surface area contributed by atoms with Crippen LogP contribution >= 0.6 is 0 Å². The molecular weight excluding hydrogens is 306 g/mol. The Kier molecular flexibility index (Phi) is 4.81. The Balaban J connectivity index is 1.65. The number of rotatable bonds is 6. The molecule has 7 heteroatoms. The molecule has 0 aliphatic carbocycles. The van der Waals surface area contributed by atoms with Crippen molar-refractivity contribution < 1.29 is 9.53 Å². The molecule has 7 nitrogen and oxygen atoms in total. The van der Waals surface area contributed by atoms with Crippen LogP contribution in [-0.2, 0) is 6.54 Å². The summed E-state index contributed by atoms with van der Waals surface area (Å²) < 4.78 is 7.22. The first-order valence-corrected chi connectivity index (χ1v) is 7.57. The molecule has 0 saturated carbocycles. The Morgan fingerprint density at radius 2 is 2.17 bits per heavy atom. The van der Waals surface area contributed by atoms with Crippen LogP contribution in [-0.4, -0.2) is 32.0 Å². The van der Waals surface area contributed by atoms with E-state index >= 15 is 0 Å². The van der Waals surface area contributed by atoms with Crippen molar-refractivity contribution in [3.8, 4) is 11.7 Å². The molecule has 24 heavy (non-hydrogen) atoms. The summed E-state index contributed by atoms with van der Waals surface area (Å²) in [5.41, 5.74) is 1.32. The smallest absolute Gasteiger partial charge is 0.253 e. The van der Waals surface area contributed by atoms with Gasteiger partial charge >= 0.3 is 0 Å². The number of nitrogens with one attached hydrogen (secondary N) is 1. The molecule has 0 fully saturated rings. The number of carbonyl (C=O) groups is 1. The minimum absolute atomic E-state index is 0.203. The van der Waals surface area contributed by atoms with Crippen LogP contribution in [0.3, 0.4) is 0 Å². The molecule has 0 aliphatic heterocycles. The van der Waals surface area contributed by atoms with Crippen LogP contribution in [0.15, 0.2) is 55.4 Å². The minimum Gasteiger partial charge on any atom is -0.478 e. The van der Waals surface area contributed by atoms with Crippen LogP contribution in [0.2, 0.25) is 0 Å². The Labute approximate surface area is 139 Å². The third kappa shape index (κ3) is 3.57. The van der Waals surface area contributed by atoms with E-state index in [4.69, 9.17) is 4.74 Å². The van der Waals surface area contributed by atoms with Crippen LogP contribution in [0.25, 0.3) is 5.82 Å². The fourth-order valence-electron chi connectivity index (χ4n) is 2.17. The fraction of sp³-hybridized carbons (Fsp3) is 0.176. The van der Waals surface area contributed by atoms with E-state index in [1.54, 1.807) is 41.6 Å². The van der Waals surface area contributed by atoms with E-state index in [0.717, 1.165) is 5.56 Å². The molecule has 0 aliphatic rings. The molecule has 0 bridgehead atoms. The average Bonchev–Trinajstić information content (AvgIpc) is 3.16. The lowest BCUT2D eigenvalue weighted by molar-refractivity contribution is 0.0950. The standard InChI is InChI=1S/C17H17N5O2/c1-2-24-17-14(4-3-7-19-17)11-21-16(23)13-5-6-15(20-10-13)22-9-8-18-12-22/h3-10,12H,2,11H2,1H3,(H,21,23). The van der Waals surface area contributed by atoms with Crippen LogP contribution in [0.1, 0.15) is 22.8 Å². The van der Waals surface area contributed by atoms with Crippen molar-refractivity contribution in [3.05, 3.63) is 66.5 Å². The highest BCUT2D eigenvalue weighted by atomic mass is 16.5. The van der Waals surface area contributed by atoms with Gasteiger partial charge in [-0.1, -0.05) is 6.07 Å². The third-order valence-corrected chi connectivity index (χ3v) is 3.35. The number of imidazole rings is 1. The van der Waals surface area contributed by atoms with Gasteiger partial charge in [0.2, 0.25) is 5.88 Å². The molecule has 0 radical (unpaired) electrons. The van der Waals surface area contributed by atoms with Gasteiger partial charge in [0.05, 0.1) is 12.2 Å². The van der Waals surface area contributed by atoms with Crippen molar-refractivity contribution >= 4 is 5.91 Å². The number of nitrogens with zero attached hydrogens (tertiary/aromatic N) is 4. The number of pyridine rings is 2.